The fourth-order valence-corrected chi connectivity index (χ4v) is 4.45. The van der Waals surface area contributed by atoms with Crippen LogP contribution in [0.25, 0.3) is 0 Å². The minimum absolute atomic E-state index is 0.0137. The Kier molecular flexibility index (Phi) is 7.02. The molecule has 0 aromatic heterocycles. The van der Waals surface area contributed by atoms with Crippen molar-refractivity contribution in [1.82, 2.24) is 15.1 Å². The van der Waals surface area contributed by atoms with Crippen LogP contribution < -0.4 is 4.90 Å². The van der Waals surface area contributed by atoms with Crippen molar-refractivity contribution in [1.29, 1.82) is 0 Å². The molecule has 8 heteroatoms. The lowest BCUT2D eigenvalue weighted by atomic mass is 10.0. The molecule has 1 unspecified atom stereocenters. The predicted molar refractivity (Wildman–Crippen MR) is 123 cm³/mol. The van der Waals surface area contributed by atoms with Gasteiger partial charge in [-0.15, -0.1) is 0 Å². The van der Waals surface area contributed by atoms with E-state index < -0.39 is 0 Å². The topological polar surface area (TPSA) is 51.6 Å². The Balaban J connectivity index is 1.54. The second-order valence-electron chi connectivity index (χ2n) is 7.85. The number of nitrogens with zero attached hydrogens (tertiary/aromatic N) is 5. The summed E-state index contributed by atoms with van der Waals surface area (Å²) in [6, 6.07) is 17.4. The number of rotatable bonds is 7. The molecule has 1 atom stereocenters. The molecular weight excluding hydrogens is 409 g/mol. The highest BCUT2D eigenvalue weighted by atomic mass is 19.2. The summed E-state index contributed by atoms with van der Waals surface area (Å²) in [4.78, 5) is 28.8. The summed E-state index contributed by atoms with van der Waals surface area (Å²) in [5, 5.41) is 0.239. The van der Waals surface area contributed by atoms with Gasteiger partial charge in [0.05, 0.1) is 0 Å². The molecule has 170 valence electrons. The quantitative estimate of drug-likeness (QED) is 0.620. The molecule has 0 spiro atoms. The first-order valence-electron chi connectivity index (χ1n) is 11.2. The van der Waals surface area contributed by atoms with Crippen molar-refractivity contribution >= 4 is 17.4 Å². The number of carbonyl (C=O) groups is 1. The first kappa shape index (κ1) is 22.2. The van der Waals surface area contributed by atoms with Gasteiger partial charge in [-0.2, -0.15) is 0 Å². The molecule has 4 rings (SSSR count). The average molecular weight is 440 g/mol. The Morgan fingerprint density at radius 2 is 1.69 bits per heavy atom. The van der Waals surface area contributed by atoms with Gasteiger partial charge in [0.15, 0.2) is 12.6 Å². The smallest absolute Gasteiger partial charge is 0.244 e. The number of amides is 1. The van der Waals surface area contributed by atoms with E-state index in [1.807, 2.05) is 73.3 Å². The Morgan fingerprint density at radius 3 is 2.31 bits per heavy atom. The summed E-state index contributed by atoms with van der Waals surface area (Å²) >= 11 is 0. The van der Waals surface area contributed by atoms with Gasteiger partial charge in [0.2, 0.25) is 5.91 Å². The van der Waals surface area contributed by atoms with Gasteiger partial charge >= 0.3 is 0 Å². The van der Waals surface area contributed by atoms with E-state index in [0.717, 1.165) is 37.4 Å². The molecule has 32 heavy (non-hydrogen) atoms. The van der Waals surface area contributed by atoms with Crippen molar-refractivity contribution in [2.24, 2.45) is 4.99 Å². The average Bonchev–Trinajstić information content (AvgIpc) is 3.27. The Hall–Kier alpha value is -2.97. The summed E-state index contributed by atoms with van der Waals surface area (Å²) in [7, 11) is 0. The van der Waals surface area contributed by atoms with E-state index >= 15 is 0 Å². The third-order valence-electron chi connectivity index (χ3n) is 6.14. The second kappa shape index (κ2) is 10.1. The van der Waals surface area contributed by atoms with Crippen molar-refractivity contribution in [3.8, 4) is 0 Å². The molecular formula is C24H30FN5O2. The maximum absolute atomic E-state index is 14.0. The predicted octanol–water partition coefficient (Wildman–Crippen LogP) is 3.25. The first-order chi connectivity index (χ1) is 15.6. The van der Waals surface area contributed by atoms with Crippen LogP contribution in [0.1, 0.15) is 31.0 Å². The highest BCUT2D eigenvalue weighted by molar-refractivity contribution is 6.03. The number of hydrogen-bond donors (Lipinski definition) is 0. The van der Waals surface area contributed by atoms with Crippen LogP contribution in [-0.4, -0.2) is 72.8 Å². The molecule has 2 heterocycles. The highest BCUT2D eigenvalue weighted by Gasteiger charge is 2.33. The van der Waals surface area contributed by atoms with Crippen LogP contribution in [0.15, 0.2) is 59.6 Å². The molecule has 0 aliphatic carbocycles. The van der Waals surface area contributed by atoms with Gasteiger partial charge in [0.25, 0.3) is 0 Å². The maximum atomic E-state index is 14.0. The Bertz CT molecular complexity index is 942. The van der Waals surface area contributed by atoms with E-state index in [2.05, 4.69) is 14.8 Å². The van der Waals surface area contributed by atoms with E-state index in [-0.39, 0.29) is 29.8 Å². The zero-order chi connectivity index (χ0) is 22.5. The van der Waals surface area contributed by atoms with Crippen LogP contribution >= 0.6 is 0 Å². The molecule has 2 aromatic rings. The van der Waals surface area contributed by atoms with Crippen LogP contribution in [0.2, 0.25) is 0 Å². The molecule has 0 radical (unpaired) electrons. The largest absolute Gasteiger partial charge is 0.368 e. The molecule has 7 nitrogen and oxygen atoms in total. The van der Waals surface area contributed by atoms with Crippen molar-refractivity contribution < 1.29 is 14.1 Å². The van der Waals surface area contributed by atoms with Crippen molar-refractivity contribution in [3.05, 3.63) is 65.7 Å². The molecule has 1 amide bonds. The fourth-order valence-electron chi connectivity index (χ4n) is 4.45. The normalized spacial score (nSPS) is 17.9. The maximum Gasteiger partial charge on any atom is 0.244 e. The van der Waals surface area contributed by atoms with Crippen molar-refractivity contribution in [2.75, 3.05) is 50.9 Å². The van der Waals surface area contributed by atoms with E-state index in [0.29, 0.717) is 18.7 Å². The molecule has 2 aliphatic heterocycles. The van der Waals surface area contributed by atoms with Gasteiger partial charge in [-0.3, -0.25) is 9.69 Å². The fraction of sp³-hybridized carbons (Fsp3) is 0.417. The summed E-state index contributed by atoms with van der Waals surface area (Å²) < 4.78 is 14.0. The number of para-hydroxylation sites is 1. The van der Waals surface area contributed by atoms with Crippen molar-refractivity contribution in [2.45, 2.75) is 19.9 Å². The summed E-state index contributed by atoms with van der Waals surface area (Å²) in [5.41, 5.74) is 2.65. The molecule has 2 aliphatic rings. The number of anilines is 1. The third-order valence-corrected chi connectivity index (χ3v) is 6.14. The van der Waals surface area contributed by atoms with Crippen LogP contribution in [-0.2, 0) is 9.63 Å². The lowest BCUT2D eigenvalue weighted by Gasteiger charge is -2.41. The second-order valence-corrected chi connectivity index (χ2v) is 7.85. The minimum atomic E-state index is -0.303. The lowest BCUT2D eigenvalue weighted by Crippen LogP contribution is -2.52. The number of aliphatic imine (C=N–C) groups is 1. The van der Waals surface area contributed by atoms with E-state index in [1.54, 1.807) is 0 Å². The summed E-state index contributed by atoms with van der Waals surface area (Å²) in [5.74, 6) is 0.336. The lowest BCUT2D eigenvalue weighted by molar-refractivity contribution is -0.202. The van der Waals surface area contributed by atoms with Crippen LogP contribution in [0.5, 0.6) is 0 Å². The monoisotopic (exact) mass is 439 g/mol. The van der Waals surface area contributed by atoms with Gasteiger partial charge in [0.1, 0.15) is 6.04 Å². The minimum Gasteiger partial charge on any atom is -0.368 e. The number of hydrogen-bond acceptors (Lipinski definition) is 6. The van der Waals surface area contributed by atoms with E-state index in [4.69, 9.17) is 4.84 Å². The molecule has 0 N–H and O–H groups in total. The molecule has 2 aromatic carbocycles. The Morgan fingerprint density at radius 1 is 1.03 bits per heavy atom. The molecule has 1 fully saturated rings. The number of benzene rings is 2. The number of amidine groups is 1. The number of halogens is 1. The van der Waals surface area contributed by atoms with Gasteiger partial charge in [-0.05, 0) is 31.5 Å². The van der Waals surface area contributed by atoms with Crippen LogP contribution in [0, 0.1) is 0 Å². The molecule has 0 bridgehead atoms. The van der Waals surface area contributed by atoms with E-state index in [1.165, 1.54) is 0 Å². The van der Waals surface area contributed by atoms with Crippen LogP contribution in [0.4, 0.5) is 10.2 Å². The van der Waals surface area contributed by atoms with Crippen LogP contribution in [0.3, 0.4) is 0 Å². The highest BCUT2D eigenvalue weighted by Crippen LogP contribution is 2.29. The molecule has 1 saturated heterocycles. The SMILES string of the molecule is CCN(CC)C(=O)C(c1ccccc1)N1CCN(c2ccccc2C2=NCON2F)CC1. The summed E-state index contributed by atoms with van der Waals surface area (Å²) in [6.45, 7) is 8.31. The van der Waals surface area contributed by atoms with Gasteiger partial charge < -0.3 is 9.80 Å². The zero-order valence-corrected chi connectivity index (χ0v) is 18.7. The van der Waals surface area contributed by atoms with Gasteiger partial charge in [-0.25, -0.2) is 9.83 Å². The zero-order valence-electron chi connectivity index (χ0n) is 18.7. The summed E-state index contributed by atoms with van der Waals surface area (Å²) in [6.07, 6.45) is 0. The number of hydroxylamine groups is 1. The number of likely N-dealkylation sites (N-methyl/N-ethyl adjacent to an activating group) is 1. The molecule has 0 saturated carbocycles. The number of carbonyl (C=O) groups excluding carboxylic acids is 1. The van der Waals surface area contributed by atoms with E-state index in [9.17, 15) is 9.28 Å². The van der Waals surface area contributed by atoms with Gasteiger partial charge in [-0.1, -0.05) is 52.2 Å². The third kappa shape index (κ3) is 4.47. The first-order valence-corrected chi connectivity index (χ1v) is 11.2. The van der Waals surface area contributed by atoms with Crippen molar-refractivity contribution in [3.63, 3.8) is 0 Å². The number of piperazine rings is 1. The standard InChI is InChI=1S/C24H30FN5O2/c1-3-27(4-2)24(31)22(19-10-6-5-7-11-19)29-16-14-28(15-17-29)21-13-9-8-12-20(21)23-26-18-32-30(23)25/h5-13,22H,3-4,14-18H2,1-2H3. The van der Waals surface area contributed by atoms with Gasteiger partial charge in [0, 0.05) is 50.5 Å². The Labute approximate surface area is 188 Å².